The van der Waals surface area contributed by atoms with Crippen LogP contribution >= 0.6 is 11.8 Å². The maximum atomic E-state index is 12.3. The van der Waals surface area contributed by atoms with Gasteiger partial charge in [0.05, 0.1) is 5.25 Å². The normalized spacial score (nSPS) is 24.9. The van der Waals surface area contributed by atoms with Crippen LogP contribution < -0.4 is 5.73 Å². The first-order valence-electron chi connectivity index (χ1n) is 6.11. The van der Waals surface area contributed by atoms with Crippen molar-refractivity contribution in [1.29, 1.82) is 0 Å². The van der Waals surface area contributed by atoms with Gasteiger partial charge in [-0.25, -0.2) is 0 Å². The molecule has 1 saturated heterocycles. The quantitative estimate of drug-likeness (QED) is 0.333. The first-order valence-corrected chi connectivity index (χ1v) is 7.15. The number of oxime groups is 1. The van der Waals surface area contributed by atoms with E-state index in [4.69, 9.17) is 10.9 Å². The van der Waals surface area contributed by atoms with Crippen LogP contribution in [0.25, 0.3) is 0 Å². The van der Waals surface area contributed by atoms with Crippen molar-refractivity contribution >= 4 is 23.5 Å². The van der Waals surface area contributed by atoms with Gasteiger partial charge >= 0.3 is 0 Å². The summed E-state index contributed by atoms with van der Waals surface area (Å²) in [5.41, 5.74) is 5.45. The topological polar surface area (TPSA) is 78.9 Å². The Kier molecular flexibility index (Phi) is 4.15. The van der Waals surface area contributed by atoms with Gasteiger partial charge in [0, 0.05) is 19.0 Å². The first-order chi connectivity index (χ1) is 8.22. The molecule has 1 amide bonds. The molecule has 1 aliphatic carbocycles. The van der Waals surface area contributed by atoms with Gasteiger partial charge in [0.25, 0.3) is 0 Å². The summed E-state index contributed by atoms with van der Waals surface area (Å²) in [6.45, 7) is 0.580. The van der Waals surface area contributed by atoms with Gasteiger partial charge in [-0.2, -0.15) is 0 Å². The molecule has 0 aromatic carbocycles. The van der Waals surface area contributed by atoms with Gasteiger partial charge < -0.3 is 15.8 Å². The molecule has 1 unspecified atom stereocenters. The fraction of sp³-hybridized carbons (Fsp3) is 0.818. The van der Waals surface area contributed by atoms with E-state index in [1.54, 1.807) is 11.8 Å². The molecule has 1 aliphatic heterocycles. The molecule has 17 heavy (non-hydrogen) atoms. The van der Waals surface area contributed by atoms with Crippen LogP contribution in [0.5, 0.6) is 0 Å². The average molecular weight is 257 g/mol. The highest BCUT2D eigenvalue weighted by molar-refractivity contribution is 8.00. The largest absolute Gasteiger partial charge is 0.409 e. The van der Waals surface area contributed by atoms with Crippen LogP contribution in [-0.2, 0) is 4.79 Å². The Morgan fingerprint density at radius 1 is 1.47 bits per heavy atom. The third kappa shape index (κ3) is 3.28. The number of hydrogen-bond acceptors (Lipinski definition) is 4. The van der Waals surface area contributed by atoms with E-state index in [2.05, 4.69) is 5.16 Å². The summed E-state index contributed by atoms with van der Waals surface area (Å²) >= 11 is 1.76. The molecule has 2 aliphatic rings. The number of nitrogens with zero attached hydrogens (tertiary/aromatic N) is 2. The summed E-state index contributed by atoms with van der Waals surface area (Å²) in [4.78, 5) is 14.2. The molecule has 0 spiro atoms. The van der Waals surface area contributed by atoms with E-state index in [1.165, 1.54) is 0 Å². The summed E-state index contributed by atoms with van der Waals surface area (Å²) in [6, 6.07) is 0.398. The van der Waals surface area contributed by atoms with E-state index in [0.717, 1.165) is 31.4 Å². The third-order valence-electron chi connectivity index (χ3n) is 3.21. The average Bonchev–Trinajstić information content (AvgIpc) is 3.02. The molecule has 1 heterocycles. The number of carbonyl (C=O) groups is 1. The van der Waals surface area contributed by atoms with Crippen molar-refractivity contribution in [2.45, 2.75) is 43.4 Å². The van der Waals surface area contributed by atoms with Gasteiger partial charge in [-0.1, -0.05) is 5.16 Å². The second-order valence-electron chi connectivity index (χ2n) is 4.61. The van der Waals surface area contributed by atoms with E-state index in [9.17, 15) is 4.79 Å². The van der Waals surface area contributed by atoms with E-state index < -0.39 is 0 Å². The molecule has 2 rings (SSSR count). The highest BCUT2D eigenvalue weighted by Crippen LogP contribution is 2.33. The van der Waals surface area contributed by atoms with Crippen molar-refractivity contribution in [3.8, 4) is 0 Å². The highest BCUT2D eigenvalue weighted by Gasteiger charge is 2.36. The van der Waals surface area contributed by atoms with Gasteiger partial charge in [-0.3, -0.25) is 4.79 Å². The molecule has 1 atom stereocenters. The lowest BCUT2D eigenvalue weighted by molar-refractivity contribution is -0.131. The molecule has 2 fully saturated rings. The maximum Gasteiger partial charge on any atom is 0.235 e. The predicted octanol–water partition coefficient (Wildman–Crippen LogP) is 1.01. The minimum Gasteiger partial charge on any atom is -0.409 e. The van der Waals surface area contributed by atoms with Crippen LogP contribution in [0.4, 0.5) is 0 Å². The maximum absolute atomic E-state index is 12.3. The molecule has 5 nitrogen and oxygen atoms in total. The van der Waals surface area contributed by atoms with E-state index in [1.807, 2.05) is 4.90 Å². The molecule has 0 radical (unpaired) electrons. The Balaban J connectivity index is 1.89. The van der Waals surface area contributed by atoms with E-state index >= 15 is 0 Å². The Bertz CT molecular complexity index is 312. The number of nitrogens with two attached hydrogens (primary N) is 1. The minimum atomic E-state index is 0.142. The van der Waals surface area contributed by atoms with Crippen LogP contribution in [0.15, 0.2) is 5.16 Å². The van der Waals surface area contributed by atoms with Gasteiger partial charge in [-0.05, 0) is 31.4 Å². The standard InChI is InChI=1S/C11H19N3O2S/c12-10(13-16)5-6-14(8-3-4-8)11(15)9-2-1-7-17-9/h8-9,16H,1-7H2,(H2,12,13). The third-order valence-corrected chi connectivity index (χ3v) is 4.58. The Morgan fingerprint density at radius 3 is 2.76 bits per heavy atom. The molecule has 0 bridgehead atoms. The minimum absolute atomic E-state index is 0.142. The Hall–Kier alpha value is -0.910. The van der Waals surface area contributed by atoms with E-state index in [0.29, 0.717) is 19.0 Å². The van der Waals surface area contributed by atoms with Crippen molar-refractivity contribution in [3.63, 3.8) is 0 Å². The summed E-state index contributed by atoms with van der Waals surface area (Å²) < 4.78 is 0. The Morgan fingerprint density at radius 2 is 2.24 bits per heavy atom. The summed E-state index contributed by atoms with van der Waals surface area (Å²) in [5, 5.41) is 11.6. The van der Waals surface area contributed by atoms with Gasteiger partial charge in [-0.15, -0.1) is 11.8 Å². The number of thioether (sulfide) groups is 1. The summed E-state index contributed by atoms with van der Waals surface area (Å²) in [6.07, 6.45) is 4.78. The van der Waals surface area contributed by atoms with Gasteiger partial charge in [0.2, 0.25) is 5.91 Å². The van der Waals surface area contributed by atoms with Gasteiger partial charge in [0.15, 0.2) is 0 Å². The van der Waals surface area contributed by atoms with Crippen LogP contribution in [0.1, 0.15) is 32.1 Å². The van der Waals surface area contributed by atoms with Crippen LogP contribution in [0.3, 0.4) is 0 Å². The highest BCUT2D eigenvalue weighted by atomic mass is 32.2. The molecule has 3 N–H and O–H groups in total. The molecule has 0 aromatic rings. The van der Waals surface area contributed by atoms with Crippen molar-refractivity contribution in [2.24, 2.45) is 10.9 Å². The number of hydrogen-bond donors (Lipinski definition) is 2. The molecule has 96 valence electrons. The lowest BCUT2D eigenvalue weighted by atomic mass is 10.2. The Labute approximate surface area is 105 Å². The molecule has 1 saturated carbocycles. The van der Waals surface area contributed by atoms with Crippen molar-refractivity contribution < 1.29 is 10.0 Å². The predicted molar refractivity (Wildman–Crippen MR) is 68.2 cm³/mol. The number of rotatable bonds is 5. The van der Waals surface area contributed by atoms with E-state index in [-0.39, 0.29) is 17.0 Å². The van der Waals surface area contributed by atoms with Gasteiger partial charge in [0.1, 0.15) is 5.84 Å². The zero-order valence-electron chi connectivity index (χ0n) is 9.84. The van der Waals surface area contributed by atoms with Crippen LogP contribution in [-0.4, -0.2) is 45.4 Å². The second kappa shape index (κ2) is 5.62. The number of amidine groups is 1. The summed E-state index contributed by atoms with van der Waals surface area (Å²) in [7, 11) is 0. The van der Waals surface area contributed by atoms with Crippen molar-refractivity contribution in [2.75, 3.05) is 12.3 Å². The zero-order valence-corrected chi connectivity index (χ0v) is 10.7. The first kappa shape index (κ1) is 12.5. The molecule has 6 heteroatoms. The fourth-order valence-electron chi connectivity index (χ4n) is 2.10. The lowest BCUT2D eigenvalue weighted by Gasteiger charge is -2.25. The van der Waals surface area contributed by atoms with Crippen molar-refractivity contribution in [3.05, 3.63) is 0 Å². The van der Waals surface area contributed by atoms with Crippen molar-refractivity contribution in [1.82, 2.24) is 4.90 Å². The number of amides is 1. The molecular formula is C11H19N3O2S. The zero-order chi connectivity index (χ0) is 12.3. The summed E-state index contributed by atoms with van der Waals surface area (Å²) in [5.74, 6) is 1.54. The second-order valence-corrected chi connectivity index (χ2v) is 5.92. The smallest absolute Gasteiger partial charge is 0.235 e. The van der Waals surface area contributed by atoms with Crippen LogP contribution in [0.2, 0.25) is 0 Å². The SMILES string of the molecule is NC(CCN(C(=O)C1CCCS1)C1CC1)=NO. The lowest BCUT2D eigenvalue weighted by Crippen LogP contribution is -2.40. The monoisotopic (exact) mass is 257 g/mol. The van der Waals surface area contributed by atoms with Crippen LogP contribution in [0, 0.1) is 0 Å². The number of carbonyl (C=O) groups excluding carboxylic acids is 1. The molecule has 0 aromatic heterocycles. The molecular weight excluding hydrogens is 238 g/mol. The fourth-order valence-corrected chi connectivity index (χ4v) is 3.33.